The van der Waals surface area contributed by atoms with Gasteiger partial charge >= 0.3 is 0 Å². The lowest BCUT2D eigenvalue weighted by atomic mass is 10.1. The molecule has 2 nitrogen and oxygen atoms in total. The first-order chi connectivity index (χ1) is 6.86. The minimum Gasteiger partial charge on any atom is -0.384 e. The second kappa shape index (κ2) is 6.57. The molecule has 2 heteroatoms. The van der Waals surface area contributed by atoms with E-state index in [2.05, 4.69) is 36.5 Å². The van der Waals surface area contributed by atoms with Crippen molar-refractivity contribution in [3.05, 3.63) is 35.4 Å². The number of hydrogen-bond acceptors (Lipinski definition) is 2. The molecule has 0 spiro atoms. The van der Waals surface area contributed by atoms with Crippen LogP contribution in [0.1, 0.15) is 18.1 Å². The van der Waals surface area contributed by atoms with Crippen LogP contribution in [0.15, 0.2) is 24.3 Å². The number of nitrogens with one attached hydrogen (secondary N) is 1. The molecule has 1 N–H and O–H groups in total. The third-order valence-corrected chi connectivity index (χ3v) is 2.17. The highest BCUT2D eigenvalue weighted by molar-refractivity contribution is 5.23. The summed E-state index contributed by atoms with van der Waals surface area (Å²) in [4.78, 5) is 0. The Morgan fingerprint density at radius 2 is 2.07 bits per heavy atom. The maximum absolute atomic E-state index is 5.05. The van der Waals surface area contributed by atoms with Crippen molar-refractivity contribution >= 4 is 0 Å². The summed E-state index contributed by atoms with van der Waals surface area (Å²) < 4.78 is 5.05. The largest absolute Gasteiger partial charge is 0.384 e. The molecule has 0 unspecified atom stereocenters. The summed E-state index contributed by atoms with van der Waals surface area (Å²) in [7, 11) is 1.74. The Bertz CT molecular complexity index is 237. The van der Waals surface area contributed by atoms with Crippen LogP contribution in [0.3, 0.4) is 0 Å². The van der Waals surface area contributed by atoms with E-state index in [1.807, 2.05) is 0 Å². The molecule has 0 aliphatic heterocycles. The molecule has 14 heavy (non-hydrogen) atoms. The van der Waals surface area contributed by atoms with Crippen LogP contribution >= 0.6 is 0 Å². The van der Waals surface area contributed by atoms with Gasteiger partial charge in [-0.05, 0) is 24.1 Å². The van der Waals surface area contributed by atoms with Crippen molar-refractivity contribution in [3.63, 3.8) is 0 Å². The summed E-state index contributed by atoms with van der Waals surface area (Å²) in [6, 6.07) is 8.65. The first kappa shape index (κ1) is 11.2. The van der Waals surface area contributed by atoms with E-state index in [0.717, 1.165) is 26.1 Å². The summed E-state index contributed by atoms with van der Waals surface area (Å²) >= 11 is 0. The van der Waals surface area contributed by atoms with E-state index in [-0.39, 0.29) is 0 Å². The van der Waals surface area contributed by atoms with Crippen molar-refractivity contribution < 1.29 is 4.74 Å². The van der Waals surface area contributed by atoms with Gasteiger partial charge in [0.2, 0.25) is 0 Å². The SMILES string of the molecule is CCNCc1cccc(CCOC)c1. The fraction of sp³-hybridized carbons (Fsp3) is 0.500. The van der Waals surface area contributed by atoms with Crippen LogP contribution < -0.4 is 5.32 Å². The molecule has 0 fully saturated rings. The van der Waals surface area contributed by atoms with Gasteiger partial charge in [-0.1, -0.05) is 31.2 Å². The van der Waals surface area contributed by atoms with Crippen LogP contribution in [0.25, 0.3) is 0 Å². The molecular weight excluding hydrogens is 174 g/mol. The number of ether oxygens (including phenoxy) is 1. The fourth-order valence-electron chi connectivity index (χ4n) is 1.38. The molecule has 0 aliphatic carbocycles. The quantitative estimate of drug-likeness (QED) is 0.746. The predicted molar refractivity (Wildman–Crippen MR) is 59.4 cm³/mol. The minimum absolute atomic E-state index is 0.796. The maximum Gasteiger partial charge on any atom is 0.0502 e. The number of benzene rings is 1. The molecule has 0 radical (unpaired) electrons. The number of methoxy groups -OCH3 is 1. The van der Waals surface area contributed by atoms with Crippen LogP contribution in [0.2, 0.25) is 0 Å². The van der Waals surface area contributed by atoms with E-state index >= 15 is 0 Å². The molecular formula is C12H19NO. The van der Waals surface area contributed by atoms with Crippen molar-refractivity contribution in [2.75, 3.05) is 20.3 Å². The Kier molecular flexibility index (Phi) is 5.27. The summed E-state index contributed by atoms with van der Waals surface area (Å²) in [6.45, 7) is 4.89. The molecule has 1 aromatic carbocycles. The highest BCUT2D eigenvalue weighted by Crippen LogP contribution is 2.05. The molecule has 0 amide bonds. The molecule has 0 heterocycles. The van der Waals surface area contributed by atoms with E-state index in [1.165, 1.54) is 11.1 Å². The summed E-state index contributed by atoms with van der Waals surface area (Å²) in [5.74, 6) is 0. The molecule has 0 aliphatic rings. The Labute approximate surface area is 86.3 Å². The van der Waals surface area contributed by atoms with Gasteiger partial charge in [0.1, 0.15) is 0 Å². The highest BCUT2D eigenvalue weighted by atomic mass is 16.5. The minimum atomic E-state index is 0.796. The van der Waals surface area contributed by atoms with Crippen molar-refractivity contribution in [2.24, 2.45) is 0 Å². The van der Waals surface area contributed by atoms with Crippen LogP contribution in [0, 0.1) is 0 Å². The Morgan fingerprint density at radius 3 is 2.79 bits per heavy atom. The second-order valence-electron chi connectivity index (χ2n) is 3.34. The van der Waals surface area contributed by atoms with E-state index in [4.69, 9.17) is 4.74 Å². The van der Waals surface area contributed by atoms with Gasteiger partial charge in [0.25, 0.3) is 0 Å². The summed E-state index contributed by atoms with van der Waals surface area (Å²) in [5.41, 5.74) is 2.70. The highest BCUT2D eigenvalue weighted by Gasteiger charge is 1.95. The molecule has 1 aromatic rings. The van der Waals surface area contributed by atoms with Gasteiger partial charge in [-0.15, -0.1) is 0 Å². The van der Waals surface area contributed by atoms with Crippen molar-refractivity contribution in [3.8, 4) is 0 Å². The third-order valence-electron chi connectivity index (χ3n) is 2.17. The van der Waals surface area contributed by atoms with Gasteiger partial charge in [0.05, 0.1) is 6.61 Å². The van der Waals surface area contributed by atoms with E-state index in [0.29, 0.717) is 0 Å². The van der Waals surface area contributed by atoms with Gasteiger partial charge in [-0.3, -0.25) is 0 Å². The van der Waals surface area contributed by atoms with Gasteiger partial charge in [0.15, 0.2) is 0 Å². The Hall–Kier alpha value is -0.860. The van der Waals surface area contributed by atoms with E-state index < -0.39 is 0 Å². The van der Waals surface area contributed by atoms with Gasteiger partial charge in [-0.25, -0.2) is 0 Å². The average molecular weight is 193 g/mol. The zero-order valence-corrected chi connectivity index (χ0v) is 9.05. The monoisotopic (exact) mass is 193 g/mol. The molecule has 0 bridgehead atoms. The van der Waals surface area contributed by atoms with E-state index in [1.54, 1.807) is 7.11 Å². The number of rotatable bonds is 6. The van der Waals surface area contributed by atoms with Gasteiger partial charge in [-0.2, -0.15) is 0 Å². The predicted octanol–water partition coefficient (Wildman–Crippen LogP) is 1.99. The van der Waals surface area contributed by atoms with Gasteiger partial charge < -0.3 is 10.1 Å². The first-order valence-corrected chi connectivity index (χ1v) is 5.14. The molecule has 1 rings (SSSR count). The summed E-state index contributed by atoms with van der Waals surface area (Å²) in [6.07, 6.45) is 0.996. The van der Waals surface area contributed by atoms with Crippen LogP contribution in [-0.4, -0.2) is 20.3 Å². The van der Waals surface area contributed by atoms with Crippen LogP contribution in [-0.2, 0) is 17.7 Å². The van der Waals surface area contributed by atoms with Gasteiger partial charge in [0, 0.05) is 13.7 Å². The molecule has 0 saturated heterocycles. The maximum atomic E-state index is 5.05. The number of hydrogen-bond donors (Lipinski definition) is 1. The molecule has 78 valence electrons. The van der Waals surface area contributed by atoms with Crippen LogP contribution in [0.5, 0.6) is 0 Å². The normalized spacial score (nSPS) is 10.4. The lowest BCUT2D eigenvalue weighted by Crippen LogP contribution is -2.11. The van der Waals surface area contributed by atoms with Crippen molar-refractivity contribution in [1.29, 1.82) is 0 Å². The third kappa shape index (κ3) is 3.90. The Morgan fingerprint density at radius 1 is 1.29 bits per heavy atom. The Balaban J connectivity index is 2.50. The molecule has 0 aromatic heterocycles. The molecule has 0 atom stereocenters. The average Bonchev–Trinajstić information content (AvgIpc) is 2.24. The van der Waals surface area contributed by atoms with Crippen LogP contribution in [0.4, 0.5) is 0 Å². The fourth-order valence-corrected chi connectivity index (χ4v) is 1.38. The lowest BCUT2D eigenvalue weighted by Gasteiger charge is -2.05. The topological polar surface area (TPSA) is 21.3 Å². The zero-order valence-electron chi connectivity index (χ0n) is 9.05. The van der Waals surface area contributed by atoms with E-state index in [9.17, 15) is 0 Å². The smallest absolute Gasteiger partial charge is 0.0502 e. The van der Waals surface area contributed by atoms with Crippen molar-refractivity contribution in [1.82, 2.24) is 5.32 Å². The lowest BCUT2D eigenvalue weighted by molar-refractivity contribution is 0.202. The summed E-state index contributed by atoms with van der Waals surface area (Å²) in [5, 5.41) is 3.32. The standard InChI is InChI=1S/C12H19NO/c1-3-13-10-12-6-4-5-11(9-12)7-8-14-2/h4-6,9,13H,3,7-8,10H2,1-2H3. The zero-order chi connectivity index (χ0) is 10.2. The first-order valence-electron chi connectivity index (χ1n) is 5.14. The molecule has 0 saturated carbocycles. The second-order valence-corrected chi connectivity index (χ2v) is 3.34. The van der Waals surface area contributed by atoms with Crippen molar-refractivity contribution in [2.45, 2.75) is 19.9 Å².